The number of carbonyl (C=O) groups excluding carboxylic acids is 2. The van der Waals surface area contributed by atoms with Crippen molar-refractivity contribution in [3.8, 4) is 0 Å². The van der Waals surface area contributed by atoms with Crippen molar-refractivity contribution in [2.45, 2.75) is 51.8 Å². The SMILES string of the molecule is CCCC[C@@H]([CH]C(=O)N[C@H](C)c1ccccc1)NC(=O)OCc1ccccc1. The Morgan fingerprint density at radius 2 is 1.64 bits per heavy atom. The molecule has 0 aliphatic heterocycles. The van der Waals surface area contributed by atoms with Crippen LogP contribution in [0.3, 0.4) is 0 Å². The van der Waals surface area contributed by atoms with Gasteiger partial charge in [0.25, 0.3) is 0 Å². The molecule has 2 rings (SSSR count). The summed E-state index contributed by atoms with van der Waals surface area (Å²) in [6, 6.07) is 18.8. The van der Waals surface area contributed by atoms with Crippen LogP contribution >= 0.6 is 0 Å². The zero-order valence-electron chi connectivity index (χ0n) is 16.6. The fourth-order valence-corrected chi connectivity index (χ4v) is 2.81. The zero-order chi connectivity index (χ0) is 20.2. The van der Waals surface area contributed by atoms with Gasteiger partial charge < -0.3 is 15.4 Å². The van der Waals surface area contributed by atoms with Gasteiger partial charge in [0.2, 0.25) is 5.91 Å². The normalized spacial score (nSPS) is 12.6. The molecule has 28 heavy (non-hydrogen) atoms. The van der Waals surface area contributed by atoms with Crippen LogP contribution in [0.1, 0.15) is 50.3 Å². The Labute approximate surface area is 167 Å². The van der Waals surface area contributed by atoms with Gasteiger partial charge in [-0.15, -0.1) is 0 Å². The summed E-state index contributed by atoms with van der Waals surface area (Å²) >= 11 is 0. The summed E-state index contributed by atoms with van der Waals surface area (Å²) in [4.78, 5) is 24.5. The zero-order valence-corrected chi connectivity index (χ0v) is 16.6. The Bertz CT molecular complexity index is 719. The van der Waals surface area contributed by atoms with Gasteiger partial charge in [-0.1, -0.05) is 80.4 Å². The van der Waals surface area contributed by atoms with Gasteiger partial charge in [0.15, 0.2) is 0 Å². The highest BCUT2D eigenvalue weighted by Gasteiger charge is 2.19. The number of rotatable bonds is 10. The Balaban J connectivity index is 1.83. The van der Waals surface area contributed by atoms with E-state index in [4.69, 9.17) is 4.74 Å². The first-order chi connectivity index (χ1) is 13.6. The summed E-state index contributed by atoms with van der Waals surface area (Å²) in [7, 11) is 0. The Morgan fingerprint density at radius 3 is 2.29 bits per heavy atom. The second-order valence-corrected chi connectivity index (χ2v) is 6.76. The van der Waals surface area contributed by atoms with Crippen LogP contribution < -0.4 is 10.6 Å². The number of hydrogen-bond donors (Lipinski definition) is 2. The molecule has 0 spiro atoms. The summed E-state index contributed by atoms with van der Waals surface area (Å²) in [5.41, 5.74) is 1.95. The third kappa shape index (κ3) is 7.82. The van der Waals surface area contributed by atoms with Crippen LogP contribution in [0.25, 0.3) is 0 Å². The fourth-order valence-electron chi connectivity index (χ4n) is 2.81. The highest BCUT2D eigenvalue weighted by molar-refractivity contribution is 5.86. The number of nitrogens with one attached hydrogen (secondary N) is 2. The van der Waals surface area contributed by atoms with E-state index in [9.17, 15) is 9.59 Å². The summed E-state index contributed by atoms with van der Waals surface area (Å²) < 4.78 is 5.27. The van der Waals surface area contributed by atoms with Gasteiger partial charge in [-0.3, -0.25) is 4.79 Å². The van der Waals surface area contributed by atoms with Crippen molar-refractivity contribution < 1.29 is 14.3 Å². The molecule has 2 aromatic rings. The number of benzene rings is 2. The average Bonchev–Trinajstić information content (AvgIpc) is 2.71. The number of carbonyl (C=O) groups is 2. The van der Waals surface area contributed by atoms with Crippen LogP contribution in [0.4, 0.5) is 4.79 Å². The number of amides is 2. The second-order valence-electron chi connectivity index (χ2n) is 6.76. The highest BCUT2D eigenvalue weighted by atomic mass is 16.5. The van der Waals surface area contributed by atoms with Crippen molar-refractivity contribution in [1.82, 2.24) is 10.6 Å². The van der Waals surface area contributed by atoms with E-state index in [1.807, 2.05) is 67.6 Å². The standard InChI is InChI=1S/C23H29N2O3/c1-3-4-15-21(25-23(27)28-17-19-11-7-5-8-12-19)16-22(26)24-18(2)20-13-9-6-10-14-20/h5-14,16,18,21H,3-4,15,17H2,1-2H3,(H,24,26)(H,25,27)/t18-,21+/m1/s1. The van der Waals surface area contributed by atoms with Crippen molar-refractivity contribution in [3.63, 3.8) is 0 Å². The minimum absolute atomic E-state index is 0.109. The van der Waals surface area contributed by atoms with Crippen LogP contribution in [0.5, 0.6) is 0 Å². The molecule has 0 unspecified atom stereocenters. The van der Waals surface area contributed by atoms with Crippen molar-refractivity contribution in [3.05, 3.63) is 78.2 Å². The predicted molar refractivity (Wildman–Crippen MR) is 110 cm³/mol. The van der Waals surface area contributed by atoms with E-state index in [0.29, 0.717) is 6.42 Å². The van der Waals surface area contributed by atoms with Gasteiger partial charge in [-0.05, 0) is 24.5 Å². The maximum Gasteiger partial charge on any atom is 0.407 e. The third-order valence-electron chi connectivity index (χ3n) is 4.40. The lowest BCUT2D eigenvalue weighted by molar-refractivity contribution is -0.118. The number of ether oxygens (including phenoxy) is 1. The van der Waals surface area contributed by atoms with Crippen molar-refractivity contribution in [1.29, 1.82) is 0 Å². The molecule has 0 heterocycles. The summed E-state index contributed by atoms with van der Waals surface area (Å²) in [5.74, 6) is -0.208. The molecule has 1 radical (unpaired) electrons. The molecule has 2 N–H and O–H groups in total. The quantitative estimate of drug-likeness (QED) is 0.634. The topological polar surface area (TPSA) is 67.4 Å². The first-order valence-corrected chi connectivity index (χ1v) is 9.76. The molecule has 5 heteroatoms. The molecule has 0 aromatic heterocycles. The van der Waals surface area contributed by atoms with Gasteiger partial charge in [-0.25, -0.2) is 4.79 Å². The van der Waals surface area contributed by atoms with Crippen LogP contribution in [0, 0.1) is 6.42 Å². The summed E-state index contributed by atoms with van der Waals surface area (Å²) in [6.45, 7) is 4.20. The van der Waals surface area contributed by atoms with Gasteiger partial charge in [0.05, 0.1) is 12.5 Å². The van der Waals surface area contributed by atoms with Crippen LogP contribution in [0.15, 0.2) is 60.7 Å². The summed E-state index contributed by atoms with van der Waals surface area (Å²) in [5, 5.41) is 5.74. The molecule has 0 aliphatic carbocycles. The minimum atomic E-state index is -0.523. The van der Waals surface area contributed by atoms with Crippen LogP contribution in [-0.2, 0) is 16.1 Å². The molecule has 0 saturated heterocycles. The molecule has 2 amide bonds. The fraction of sp³-hybridized carbons (Fsp3) is 0.348. The lowest BCUT2D eigenvalue weighted by Crippen LogP contribution is -2.40. The summed E-state index contributed by atoms with van der Waals surface area (Å²) in [6.07, 6.45) is 3.57. The van der Waals surface area contributed by atoms with Gasteiger partial charge in [-0.2, -0.15) is 0 Å². The first-order valence-electron chi connectivity index (χ1n) is 9.76. The van der Waals surface area contributed by atoms with Crippen molar-refractivity contribution >= 4 is 12.0 Å². The van der Waals surface area contributed by atoms with E-state index in [0.717, 1.165) is 24.0 Å². The monoisotopic (exact) mass is 381 g/mol. The maximum absolute atomic E-state index is 12.4. The predicted octanol–water partition coefficient (Wildman–Crippen LogP) is 4.55. The van der Waals surface area contributed by atoms with E-state index in [1.54, 1.807) is 0 Å². The molecule has 0 fully saturated rings. The molecular formula is C23H29N2O3. The number of hydrogen-bond acceptors (Lipinski definition) is 3. The van der Waals surface area contributed by atoms with E-state index >= 15 is 0 Å². The lowest BCUT2D eigenvalue weighted by atomic mass is 10.0. The van der Waals surface area contributed by atoms with E-state index in [2.05, 4.69) is 17.6 Å². The number of alkyl carbamates (subject to hydrolysis) is 1. The Morgan fingerprint density at radius 1 is 1.00 bits per heavy atom. The van der Waals surface area contributed by atoms with E-state index < -0.39 is 6.09 Å². The smallest absolute Gasteiger partial charge is 0.407 e. The van der Waals surface area contributed by atoms with Gasteiger partial charge >= 0.3 is 6.09 Å². The van der Waals surface area contributed by atoms with Crippen molar-refractivity contribution in [2.24, 2.45) is 0 Å². The van der Waals surface area contributed by atoms with Gasteiger partial charge in [0, 0.05) is 6.04 Å². The number of unbranched alkanes of at least 4 members (excludes halogenated alkanes) is 1. The molecule has 2 atom stereocenters. The molecular weight excluding hydrogens is 352 g/mol. The Kier molecular flexibility index (Phi) is 9.05. The molecule has 5 nitrogen and oxygen atoms in total. The van der Waals surface area contributed by atoms with E-state index in [-0.39, 0.29) is 24.6 Å². The molecule has 2 aromatic carbocycles. The molecule has 0 bridgehead atoms. The van der Waals surface area contributed by atoms with E-state index in [1.165, 1.54) is 6.42 Å². The maximum atomic E-state index is 12.4. The van der Waals surface area contributed by atoms with Crippen molar-refractivity contribution in [2.75, 3.05) is 0 Å². The second kappa shape index (κ2) is 11.8. The largest absolute Gasteiger partial charge is 0.445 e. The molecule has 0 aliphatic rings. The highest BCUT2D eigenvalue weighted by Crippen LogP contribution is 2.12. The third-order valence-corrected chi connectivity index (χ3v) is 4.40. The molecule has 0 saturated carbocycles. The molecule has 149 valence electrons. The minimum Gasteiger partial charge on any atom is -0.445 e. The lowest BCUT2D eigenvalue weighted by Gasteiger charge is -2.20. The van der Waals surface area contributed by atoms with Crippen LogP contribution in [-0.4, -0.2) is 18.0 Å². The Hall–Kier alpha value is -2.82. The van der Waals surface area contributed by atoms with Crippen LogP contribution in [0.2, 0.25) is 0 Å². The first kappa shape index (κ1) is 21.5. The van der Waals surface area contributed by atoms with Gasteiger partial charge in [0.1, 0.15) is 6.61 Å². The average molecular weight is 381 g/mol.